The van der Waals surface area contributed by atoms with Gasteiger partial charge in [0.25, 0.3) is 5.91 Å². The molecule has 0 bridgehead atoms. The predicted molar refractivity (Wildman–Crippen MR) is 185 cm³/mol. The summed E-state index contributed by atoms with van der Waals surface area (Å²) in [6, 6.07) is 14.8. The molecule has 0 aromatic heterocycles. The van der Waals surface area contributed by atoms with Crippen molar-refractivity contribution in [2.24, 2.45) is 5.92 Å². The predicted octanol–water partition coefficient (Wildman–Crippen LogP) is 7.81. The number of piperidine rings is 1. The van der Waals surface area contributed by atoms with E-state index in [9.17, 15) is 4.79 Å². The van der Waals surface area contributed by atoms with E-state index in [0.717, 1.165) is 87.1 Å². The Bertz CT molecular complexity index is 1270. The first-order valence-corrected chi connectivity index (χ1v) is 17.0. The Labute approximate surface area is 266 Å². The summed E-state index contributed by atoms with van der Waals surface area (Å²) in [5.74, 6) is 1.02. The molecule has 2 aliphatic rings. The second-order valence-electron chi connectivity index (χ2n) is 13.2. The van der Waals surface area contributed by atoms with Crippen molar-refractivity contribution >= 4 is 23.4 Å². The van der Waals surface area contributed by atoms with Crippen molar-refractivity contribution in [2.45, 2.75) is 84.0 Å². The highest BCUT2D eigenvalue weighted by Gasteiger charge is 2.26. The van der Waals surface area contributed by atoms with Crippen LogP contribution in [0.2, 0.25) is 0 Å². The molecular formula is C38H55N5O. The van der Waals surface area contributed by atoms with E-state index in [-0.39, 0.29) is 5.91 Å². The first kappa shape index (κ1) is 33.6. The standard InChI is InChI=1S/C38H55N5O/c1-5-6-7-8-21-42-22-18-35(28-42)37(40)11-9-10-33-25-34(13-12-29(33)2)38(44)43-23-19-32(20-24-43)30-14-16-31(17-15-30)36(26-39)27-41(3)4/h12-17,25-27,32,35,39-40H,5-11,18-24,28H2,1-4H3. The van der Waals surface area contributed by atoms with Gasteiger partial charge in [-0.1, -0.05) is 56.5 Å². The molecule has 2 fully saturated rings. The van der Waals surface area contributed by atoms with Gasteiger partial charge >= 0.3 is 0 Å². The Hall–Kier alpha value is -3.25. The van der Waals surface area contributed by atoms with Crippen molar-refractivity contribution in [3.05, 3.63) is 76.5 Å². The summed E-state index contributed by atoms with van der Waals surface area (Å²) in [5.41, 5.74) is 7.46. The molecule has 4 rings (SSSR count). The molecule has 0 spiro atoms. The number of aryl methyl sites for hydroxylation is 2. The fourth-order valence-corrected chi connectivity index (χ4v) is 6.85. The van der Waals surface area contributed by atoms with Crippen molar-refractivity contribution in [2.75, 3.05) is 46.8 Å². The number of nitrogens with zero attached hydrogens (tertiary/aromatic N) is 3. The van der Waals surface area contributed by atoms with Crippen LogP contribution >= 0.6 is 0 Å². The van der Waals surface area contributed by atoms with Gasteiger partial charge in [-0.3, -0.25) is 4.79 Å². The first-order valence-electron chi connectivity index (χ1n) is 17.0. The molecular weight excluding hydrogens is 542 g/mol. The van der Waals surface area contributed by atoms with Crippen molar-refractivity contribution in [3.63, 3.8) is 0 Å². The molecule has 6 nitrogen and oxygen atoms in total. The molecule has 1 amide bonds. The highest BCUT2D eigenvalue weighted by molar-refractivity contribution is 6.08. The Balaban J connectivity index is 1.24. The van der Waals surface area contributed by atoms with E-state index in [1.807, 2.05) is 36.2 Å². The number of hydrogen-bond donors (Lipinski definition) is 2. The molecule has 2 saturated heterocycles. The van der Waals surface area contributed by atoms with Crippen LogP contribution in [0.3, 0.4) is 0 Å². The number of unbranched alkanes of at least 4 members (excludes halogenated alkanes) is 3. The summed E-state index contributed by atoms with van der Waals surface area (Å²) in [4.78, 5) is 20.0. The van der Waals surface area contributed by atoms with Gasteiger partial charge in [0.2, 0.25) is 0 Å². The van der Waals surface area contributed by atoms with Crippen LogP contribution in [0.25, 0.3) is 5.57 Å². The molecule has 2 heterocycles. The Morgan fingerprint density at radius 1 is 0.955 bits per heavy atom. The van der Waals surface area contributed by atoms with Gasteiger partial charge in [-0.15, -0.1) is 0 Å². The third-order valence-corrected chi connectivity index (χ3v) is 9.63. The summed E-state index contributed by atoms with van der Waals surface area (Å²) in [6.45, 7) is 9.35. The van der Waals surface area contributed by atoms with Gasteiger partial charge in [0, 0.05) is 68.9 Å². The maximum Gasteiger partial charge on any atom is 0.253 e. The van der Waals surface area contributed by atoms with Gasteiger partial charge in [0.1, 0.15) is 0 Å². The van der Waals surface area contributed by atoms with Crippen LogP contribution < -0.4 is 0 Å². The normalized spacial score (nSPS) is 18.0. The lowest BCUT2D eigenvalue weighted by molar-refractivity contribution is 0.0713. The second-order valence-corrected chi connectivity index (χ2v) is 13.2. The minimum atomic E-state index is 0.141. The summed E-state index contributed by atoms with van der Waals surface area (Å²) >= 11 is 0. The van der Waals surface area contributed by atoms with Crippen LogP contribution in [0.1, 0.15) is 103 Å². The second kappa shape index (κ2) is 16.7. The number of benzene rings is 2. The van der Waals surface area contributed by atoms with E-state index in [2.05, 4.69) is 55.1 Å². The van der Waals surface area contributed by atoms with E-state index in [1.54, 1.807) is 0 Å². The first-order chi connectivity index (χ1) is 21.3. The van der Waals surface area contributed by atoms with E-state index in [1.165, 1.54) is 55.1 Å². The van der Waals surface area contributed by atoms with E-state index >= 15 is 0 Å². The number of amides is 1. The molecule has 2 aliphatic heterocycles. The summed E-state index contributed by atoms with van der Waals surface area (Å²) in [6.07, 6.45) is 14.4. The van der Waals surface area contributed by atoms with Crippen LogP contribution in [0.15, 0.2) is 48.7 Å². The summed E-state index contributed by atoms with van der Waals surface area (Å²) in [7, 11) is 3.94. The van der Waals surface area contributed by atoms with E-state index < -0.39 is 0 Å². The van der Waals surface area contributed by atoms with Crippen LogP contribution in [-0.4, -0.2) is 79.4 Å². The lowest BCUT2D eigenvalue weighted by Gasteiger charge is -2.32. The third kappa shape index (κ3) is 9.37. The SMILES string of the molecule is CCCCCCN1CCC(C(=N)CCCc2cc(C(=O)N3CCC(c4ccc(C(C=N)=CN(C)C)cc4)CC3)ccc2C)C1. The Morgan fingerprint density at radius 3 is 2.36 bits per heavy atom. The molecule has 1 unspecified atom stereocenters. The largest absolute Gasteiger partial charge is 0.383 e. The monoisotopic (exact) mass is 597 g/mol. The lowest BCUT2D eigenvalue weighted by atomic mass is 9.88. The topological polar surface area (TPSA) is 74.5 Å². The molecule has 2 aromatic rings. The number of likely N-dealkylation sites (tertiary alicyclic amines) is 2. The van der Waals surface area contributed by atoms with Gasteiger partial charge in [0.05, 0.1) is 0 Å². The van der Waals surface area contributed by atoms with Gasteiger partial charge < -0.3 is 25.5 Å². The number of hydrogen-bond acceptors (Lipinski definition) is 5. The van der Waals surface area contributed by atoms with Crippen LogP contribution in [0.5, 0.6) is 0 Å². The van der Waals surface area contributed by atoms with Gasteiger partial charge in [-0.25, -0.2) is 0 Å². The molecule has 0 radical (unpaired) electrons. The Morgan fingerprint density at radius 2 is 1.68 bits per heavy atom. The molecule has 0 aliphatic carbocycles. The quantitative estimate of drug-likeness (QED) is 0.162. The smallest absolute Gasteiger partial charge is 0.253 e. The molecule has 44 heavy (non-hydrogen) atoms. The maximum absolute atomic E-state index is 13.5. The van der Waals surface area contributed by atoms with Crippen molar-refractivity contribution in [3.8, 4) is 0 Å². The summed E-state index contributed by atoms with van der Waals surface area (Å²) < 4.78 is 0. The summed E-state index contributed by atoms with van der Waals surface area (Å²) in [5, 5.41) is 16.5. The molecule has 2 N–H and O–H groups in total. The Kier molecular flexibility index (Phi) is 12.8. The fourth-order valence-electron chi connectivity index (χ4n) is 6.85. The minimum absolute atomic E-state index is 0.141. The number of nitrogens with one attached hydrogen (secondary N) is 2. The minimum Gasteiger partial charge on any atom is -0.383 e. The molecule has 0 saturated carbocycles. The van der Waals surface area contributed by atoms with E-state index in [0.29, 0.717) is 11.8 Å². The van der Waals surface area contributed by atoms with Crippen molar-refractivity contribution < 1.29 is 4.79 Å². The number of allylic oxidation sites excluding steroid dienone is 1. The highest BCUT2D eigenvalue weighted by atomic mass is 16.2. The van der Waals surface area contributed by atoms with Crippen molar-refractivity contribution in [1.29, 1.82) is 10.8 Å². The van der Waals surface area contributed by atoms with Crippen LogP contribution in [-0.2, 0) is 6.42 Å². The van der Waals surface area contributed by atoms with E-state index in [4.69, 9.17) is 10.8 Å². The number of carbonyl (C=O) groups excluding carboxylic acids is 1. The fraction of sp³-hybridized carbons (Fsp3) is 0.553. The lowest BCUT2D eigenvalue weighted by Crippen LogP contribution is -2.38. The zero-order valence-electron chi connectivity index (χ0n) is 27.7. The van der Waals surface area contributed by atoms with Gasteiger partial charge in [0.15, 0.2) is 0 Å². The molecule has 1 atom stereocenters. The zero-order valence-corrected chi connectivity index (χ0v) is 27.7. The molecule has 6 heteroatoms. The maximum atomic E-state index is 13.5. The van der Waals surface area contributed by atoms with Crippen LogP contribution in [0.4, 0.5) is 0 Å². The van der Waals surface area contributed by atoms with Crippen molar-refractivity contribution in [1.82, 2.24) is 14.7 Å². The zero-order chi connectivity index (χ0) is 31.5. The number of rotatable bonds is 15. The van der Waals surface area contributed by atoms with Gasteiger partial charge in [-0.05, 0) is 105 Å². The average Bonchev–Trinajstić information content (AvgIpc) is 3.52. The molecule has 2 aromatic carbocycles. The average molecular weight is 598 g/mol. The molecule has 238 valence electrons. The van der Waals surface area contributed by atoms with Gasteiger partial charge in [-0.2, -0.15) is 0 Å². The van der Waals surface area contributed by atoms with Crippen LogP contribution in [0, 0.1) is 23.7 Å². The highest BCUT2D eigenvalue weighted by Crippen LogP contribution is 2.30. The third-order valence-electron chi connectivity index (χ3n) is 9.63. The number of carbonyl (C=O) groups is 1.